The maximum atomic E-state index is 9.05. The van der Waals surface area contributed by atoms with Crippen molar-refractivity contribution in [3.05, 3.63) is 28.9 Å². The topological polar surface area (TPSA) is 63.8 Å². The number of hydrogen-bond donors (Lipinski definition) is 1. The molecule has 7 heteroatoms. The van der Waals surface area contributed by atoms with Gasteiger partial charge in [-0.25, -0.2) is 15.0 Å². The van der Waals surface area contributed by atoms with Gasteiger partial charge in [0.2, 0.25) is 0 Å². The van der Waals surface area contributed by atoms with Crippen LogP contribution in [0, 0.1) is 0 Å². The van der Waals surface area contributed by atoms with Crippen LogP contribution in [-0.4, -0.2) is 24.6 Å². The standard InChI is InChI=1S/C9H9BrN4OS/c1-14-6(4-15)2-12-9(14)16-8-7(10)3-11-5-13-8/h2-3,5,15H,4H2,1H3. The van der Waals surface area contributed by atoms with E-state index < -0.39 is 0 Å². The van der Waals surface area contributed by atoms with Gasteiger partial charge in [0.1, 0.15) is 11.4 Å². The maximum Gasteiger partial charge on any atom is 0.174 e. The molecule has 2 aromatic heterocycles. The molecular formula is C9H9BrN4OS. The molecule has 0 fully saturated rings. The molecule has 0 radical (unpaired) electrons. The smallest absolute Gasteiger partial charge is 0.174 e. The van der Waals surface area contributed by atoms with E-state index in [4.69, 9.17) is 5.11 Å². The molecule has 0 unspecified atom stereocenters. The van der Waals surface area contributed by atoms with Gasteiger partial charge in [0, 0.05) is 13.2 Å². The second-order valence-electron chi connectivity index (χ2n) is 3.03. The molecule has 0 aliphatic rings. The van der Waals surface area contributed by atoms with E-state index in [1.54, 1.807) is 12.4 Å². The van der Waals surface area contributed by atoms with Crippen LogP contribution in [0.3, 0.4) is 0 Å². The highest BCUT2D eigenvalue weighted by Gasteiger charge is 2.10. The van der Waals surface area contributed by atoms with E-state index in [-0.39, 0.29) is 6.61 Å². The lowest BCUT2D eigenvalue weighted by Gasteiger charge is -2.03. The molecule has 16 heavy (non-hydrogen) atoms. The van der Waals surface area contributed by atoms with E-state index in [1.165, 1.54) is 18.1 Å². The first-order valence-electron chi connectivity index (χ1n) is 4.47. The Hall–Kier alpha value is -0.920. The lowest BCUT2D eigenvalue weighted by atomic mass is 10.5. The number of halogens is 1. The summed E-state index contributed by atoms with van der Waals surface area (Å²) >= 11 is 4.79. The van der Waals surface area contributed by atoms with Gasteiger partial charge in [-0.2, -0.15) is 0 Å². The summed E-state index contributed by atoms with van der Waals surface area (Å²) in [6.45, 7) is -0.0188. The van der Waals surface area contributed by atoms with Crippen LogP contribution >= 0.6 is 27.7 Å². The number of aliphatic hydroxyl groups is 1. The molecule has 0 saturated carbocycles. The Morgan fingerprint density at radius 1 is 1.44 bits per heavy atom. The average molecular weight is 301 g/mol. The maximum absolute atomic E-state index is 9.05. The van der Waals surface area contributed by atoms with Crippen LogP contribution in [0.5, 0.6) is 0 Å². The minimum absolute atomic E-state index is 0.0188. The zero-order chi connectivity index (χ0) is 11.5. The summed E-state index contributed by atoms with van der Waals surface area (Å²) in [7, 11) is 1.86. The van der Waals surface area contributed by atoms with Crippen molar-refractivity contribution in [1.29, 1.82) is 0 Å². The largest absolute Gasteiger partial charge is 0.390 e. The molecule has 0 aromatic carbocycles. The molecule has 0 aliphatic heterocycles. The first kappa shape index (κ1) is 11.6. The van der Waals surface area contributed by atoms with Crippen LogP contribution in [0.2, 0.25) is 0 Å². The van der Waals surface area contributed by atoms with Gasteiger partial charge in [-0.15, -0.1) is 0 Å². The summed E-state index contributed by atoms with van der Waals surface area (Å²) in [5.41, 5.74) is 0.771. The fraction of sp³-hybridized carbons (Fsp3) is 0.222. The third kappa shape index (κ3) is 2.26. The van der Waals surface area contributed by atoms with Gasteiger partial charge < -0.3 is 9.67 Å². The number of aliphatic hydroxyl groups excluding tert-OH is 1. The van der Waals surface area contributed by atoms with Crippen molar-refractivity contribution in [1.82, 2.24) is 19.5 Å². The Balaban J connectivity index is 2.27. The number of rotatable bonds is 3. The summed E-state index contributed by atoms with van der Waals surface area (Å²) in [5, 5.41) is 10.6. The first-order chi connectivity index (χ1) is 7.72. The second-order valence-corrected chi connectivity index (χ2v) is 4.84. The van der Waals surface area contributed by atoms with Gasteiger partial charge >= 0.3 is 0 Å². The molecule has 2 heterocycles. The van der Waals surface area contributed by atoms with E-state index in [0.717, 1.165) is 20.3 Å². The van der Waals surface area contributed by atoms with E-state index >= 15 is 0 Å². The monoisotopic (exact) mass is 300 g/mol. The van der Waals surface area contributed by atoms with Crippen molar-refractivity contribution in [2.75, 3.05) is 0 Å². The van der Waals surface area contributed by atoms with Crippen LogP contribution in [0.1, 0.15) is 5.69 Å². The summed E-state index contributed by atoms with van der Waals surface area (Å²) in [6.07, 6.45) is 4.83. The van der Waals surface area contributed by atoms with Crippen molar-refractivity contribution >= 4 is 27.7 Å². The molecule has 2 aromatic rings. The fourth-order valence-electron chi connectivity index (χ4n) is 1.13. The van der Waals surface area contributed by atoms with Crippen molar-refractivity contribution in [3.8, 4) is 0 Å². The molecule has 5 nitrogen and oxygen atoms in total. The Labute approximate surface area is 105 Å². The lowest BCUT2D eigenvalue weighted by molar-refractivity contribution is 0.271. The van der Waals surface area contributed by atoms with E-state index in [0.29, 0.717) is 0 Å². The predicted molar refractivity (Wildman–Crippen MR) is 63.0 cm³/mol. The van der Waals surface area contributed by atoms with Crippen molar-refractivity contribution in [2.45, 2.75) is 16.8 Å². The van der Waals surface area contributed by atoms with Crippen LogP contribution in [-0.2, 0) is 13.7 Å². The molecule has 0 amide bonds. The second kappa shape index (κ2) is 4.94. The summed E-state index contributed by atoms with van der Waals surface area (Å²) < 4.78 is 2.66. The van der Waals surface area contributed by atoms with Gasteiger partial charge in [-0.1, -0.05) is 0 Å². The third-order valence-electron chi connectivity index (χ3n) is 2.03. The van der Waals surface area contributed by atoms with Gasteiger partial charge in [-0.3, -0.25) is 0 Å². The highest BCUT2D eigenvalue weighted by molar-refractivity contribution is 9.10. The molecule has 0 atom stereocenters. The fourth-order valence-corrected chi connectivity index (χ4v) is 2.38. The molecule has 84 valence electrons. The molecule has 0 spiro atoms. The van der Waals surface area contributed by atoms with Gasteiger partial charge in [0.05, 0.1) is 23.0 Å². The first-order valence-corrected chi connectivity index (χ1v) is 6.08. The highest BCUT2D eigenvalue weighted by atomic mass is 79.9. The van der Waals surface area contributed by atoms with Crippen LogP contribution < -0.4 is 0 Å². The normalized spacial score (nSPS) is 10.7. The Morgan fingerprint density at radius 3 is 2.88 bits per heavy atom. The van der Waals surface area contributed by atoms with Crippen LogP contribution in [0.15, 0.2) is 33.4 Å². The molecular weight excluding hydrogens is 292 g/mol. The molecule has 1 N–H and O–H groups in total. The minimum atomic E-state index is -0.0188. The third-order valence-corrected chi connectivity index (χ3v) is 3.95. The molecule has 2 rings (SSSR count). The van der Waals surface area contributed by atoms with E-state index in [2.05, 4.69) is 30.9 Å². The highest BCUT2D eigenvalue weighted by Crippen LogP contribution is 2.30. The van der Waals surface area contributed by atoms with Crippen molar-refractivity contribution in [2.24, 2.45) is 7.05 Å². The zero-order valence-electron chi connectivity index (χ0n) is 8.46. The number of hydrogen-bond acceptors (Lipinski definition) is 5. The molecule has 0 saturated heterocycles. The van der Waals surface area contributed by atoms with Crippen LogP contribution in [0.25, 0.3) is 0 Å². The van der Waals surface area contributed by atoms with Gasteiger partial charge in [-0.05, 0) is 27.7 Å². The van der Waals surface area contributed by atoms with Crippen molar-refractivity contribution in [3.63, 3.8) is 0 Å². The lowest BCUT2D eigenvalue weighted by Crippen LogP contribution is -1.97. The van der Waals surface area contributed by atoms with Gasteiger partial charge in [0.15, 0.2) is 5.16 Å². The summed E-state index contributed by atoms with van der Waals surface area (Å²) in [6, 6.07) is 0. The van der Waals surface area contributed by atoms with Gasteiger partial charge in [0.25, 0.3) is 0 Å². The average Bonchev–Trinajstić information content (AvgIpc) is 2.63. The van der Waals surface area contributed by atoms with E-state index in [9.17, 15) is 0 Å². The Kier molecular flexibility index (Phi) is 3.57. The summed E-state index contributed by atoms with van der Waals surface area (Å²) in [4.78, 5) is 12.2. The molecule has 0 bridgehead atoms. The van der Waals surface area contributed by atoms with E-state index in [1.807, 2.05) is 11.6 Å². The number of nitrogens with zero attached hydrogens (tertiary/aromatic N) is 4. The zero-order valence-corrected chi connectivity index (χ0v) is 10.9. The molecule has 0 aliphatic carbocycles. The SMILES string of the molecule is Cn1c(CO)cnc1Sc1ncncc1Br. The summed E-state index contributed by atoms with van der Waals surface area (Å²) in [5.74, 6) is 0. The Morgan fingerprint density at radius 2 is 2.25 bits per heavy atom. The van der Waals surface area contributed by atoms with Crippen LogP contribution in [0.4, 0.5) is 0 Å². The Bertz CT molecular complexity index is 502. The minimum Gasteiger partial charge on any atom is -0.390 e. The van der Waals surface area contributed by atoms with Crippen molar-refractivity contribution < 1.29 is 5.11 Å². The predicted octanol–water partition coefficient (Wildman–Crippen LogP) is 1.62. The number of imidazole rings is 1. The quantitative estimate of drug-likeness (QED) is 0.873. The number of aromatic nitrogens is 4.